The molecule has 0 aliphatic heterocycles. The van der Waals surface area contributed by atoms with Gasteiger partial charge in [-0.2, -0.15) is 4.52 Å². The molecule has 0 saturated carbocycles. The second-order valence-corrected chi connectivity index (χ2v) is 13.1. The predicted octanol–water partition coefficient (Wildman–Crippen LogP) is 4.45. The molecule has 0 saturated heterocycles. The van der Waals surface area contributed by atoms with E-state index in [0.29, 0.717) is 6.61 Å². The molecule has 0 unspecified atom stereocenters. The highest BCUT2D eigenvalue weighted by Crippen LogP contribution is 2.83. The van der Waals surface area contributed by atoms with Crippen LogP contribution in [0.3, 0.4) is 0 Å². The van der Waals surface area contributed by atoms with Crippen molar-refractivity contribution < 1.29 is 9.42 Å². The van der Waals surface area contributed by atoms with Crippen LogP contribution in [0, 0.1) is 0 Å². The van der Waals surface area contributed by atoms with E-state index in [1.165, 1.54) is 0 Å². The smallest absolute Gasteiger partial charge is 0.212 e. The van der Waals surface area contributed by atoms with Crippen molar-refractivity contribution in [2.45, 2.75) is 6.92 Å². The number of hydrogen-bond acceptors (Lipinski definition) is 2. The van der Waals surface area contributed by atoms with Crippen molar-refractivity contribution in [3.05, 3.63) is 0 Å². The van der Waals surface area contributed by atoms with Gasteiger partial charge in [0.05, 0.1) is 6.61 Å². The maximum Gasteiger partial charge on any atom is 0.381 e. The van der Waals surface area contributed by atoms with E-state index in [1.807, 2.05) is 0 Å². The second kappa shape index (κ2) is 4.98. The number of hydrogen-bond donors (Lipinski definition) is 1. The molecule has 0 heterocycles. The Hall–Kier alpha value is 1.94. The summed E-state index contributed by atoms with van der Waals surface area (Å²) in [6.07, 6.45) is -5.55. The summed E-state index contributed by atoms with van der Waals surface area (Å²) in [5, 5.41) is 0. The van der Waals surface area contributed by atoms with E-state index >= 15 is 0 Å². The summed E-state index contributed by atoms with van der Waals surface area (Å²) in [6, 6.07) is 0. The lowest BCUT2D eigenvalue weighted by Crippen LogP contribution is -1.91. The normalized spacial score (nSPS) is 13.6. The van der Waals surface area contributed by atoms with Gasteiger partial charge in [0.15, 0.2) is 0 Å². The molecule has 0 atom stereocenters. The average molecular weight is 280 g/mol. The summed E-state index contributed by atoms with van der Waals surface area (Å²) in [5.74, 6) is -0.0555. The van der Waals surface area contributed by atoms with E-state index in [1.54, 1.807) is 6.92 Å². The summed E-state index contributed by atoms with van der Waals surface area (Å²) in [4.78, 5) is 9.00. The molecule has 0 aliphatic rings. The molecule has 0 aromatic heterocycles. The Balaban J connectivity index is 3.91. The van der Waals surface area contributed by atoms with Gasteiger partial charge in [-0.25, -0.2) is 4.89 Å². The average Bonchev–Trinajstić information content (AvgIpc) is 1.55. The Labute approximate surface area is 86.1 Å². The third-order valence-electron chi connectivity index (χ3n) is 0.653. The summed E-state index contributed by atoms with van der Waals surface area (Å²) < 4.78 is 4.95. The highest BCUT2D eigenvalue weighted by Gasteiger charge is 2.53. The minimum Gasteiger partial charge on any atom is -0.212 e. The summed E-state index contributed by atoms with van der Waals surface area (Å²) >= 11 is 22.1. The van der Waals surface area contributed by atoms with Crippen LogP contribution in [0.25, 0.3) is 0 Å². The molecule has 2 nitrogen and oxygen atoms in total. The standard InChI is InChI=1S/C3H8Cl4O2P2/c1-2-9-11(6,7)3-10(4,5)8/h8H,2-3H2,1H3/q+2. The first kappa shape index (κ1) is 12.9. The molecule has 0 amide bonds. The third kappa shape index (κ3) is 8.28. The van der Waals surface area contributed by atoms with Crippen LogP contribution in [-0.2, 0) is 4.52 Å². The van der Waals surface area contributed by atoms with Gasteiger partial charge in [0.2, 0.25) is 0 Å². The molecule has 0 rings (SSSR count). The van der Waals surface area contributed by atoms with Gasteiger partial charge < -0.3 is 0 Å². The Morgan fingerprint density at radius 1 is 1.27 bits per heavy atom. The highest BCUT2D eigenvalue weighted by molar-refractivity contribution is 8.26. The molecule has 0 aromatic carbocycles. The van der Waals surface area contributed by atoms with Crippen LogP contribution in [0.4, 0.5) is 0 Å². The Kier molecular flexibility index (Phi) is 5.86. The monoisotopic (exact) mass is 278 g/mol. The first-order valence-electron chi connectivity index (χ1n) is 2.69. The van der Waals surface area contributed by atoms with Crippen LogP contribution >= 0.6 is 57.4 Å². The van der Waals surface area contributed by atoms with Crippen molar-refractivity contribution in [3.8, 4) is 0 Å². The van der Waals surface area contributed by atoms with Crippen LogP contribution < -0.4 is 0 Å². The third-order valence-corrected chi connectivity index (χ3v) is 8.40. The van der Waals surface area contributed by atoms with Crippen molar-refractivity contribution >= 4 is 57.4 Å². The fourth-order valence-electron chi connectivity index (χ4n) is 0.428. The lowest BCUT2D eigenvalue weighted by molar-refractivity contribution is 0.383. The minimum absolute atomic E-state index is 0.0555. The fourth-order valence-corrected chi connectivity index (χ4v) is 10.8. The van der Waals surface area contributed by atoms with Crippen molar-refractivity contribution in [2.75, 3.05) is 12.5 Å². The number of rotatable bonds is 4. The number of halogens is 4. The maximum absolute atomic E-state index is 9.00. The molecule has 11 heavy (non-hydrogen) atoms. The van der Waals surface area contributed by atoms with Crippen LogP contribution in [0.15, 0.2) is 0 Å². The molecular formula is C3H8Cl4O2P2+2. The van der Waals surface area contributed by atoms with E-state index in [9.17, 15) is 0 Å². The molecule has 8 heteroatoms. The Bertz CT molecular complexity index is 125. The van der Waals surface area contributed by atoms with Gasteiger partial charge in [0.25, 0.3) is 5.90 Å². The maximum atomic E-state index is 9.00. The SMILES string of the molecule is CCO[P+](Cl)(Cl)C[P+](O)(Cl)Cl. The second-order valence-electron chi connectivity index (χ2n) is 1.72. The van der Waals surface area contributed by atoms with Crippen LogP contribution in [-0.4, -0.2) is 17.4 Å². The largest absolute Gasteiger partial charge is 0.381 e. The zero-order chi connectivity index (χ0) is 9.12. The van der Waals surface area contributed by atoms with Crippen molar-refractivity contribution in [1.82, 2.24) is 0 Å². The van der Waals surface area contributed by atoms with Crippen LogP contribution in [0.1, 0.15) is 6.92 Å². The lowest BCUT2D eigenvalue weighted by atomic mass is 10.9. The van der Waals surface area contributed by atoms with E-state index in [-0.39, 0.29) is 5.90 Å². The van der Waals surface area contributed by atoms with Gasteiger partial charge in [-0.05, 0) is 6.92 Å². The Morgan fingerprint density at radius 3 is 2.00 bits per heavy atom. The van der Waals surface area contributed by atoms with Crippen LogP contribution in [0.5, 0.6) is 0 Å². The highest BCUT2D eigenvalue weighted by atomic mass is 35.9. The zero-order valence-corrected chi connectivity index (χ0v) is 10.5. The van der Waals surface area contributed by atoms with Crippen molar-refractivity contribution in [1.29, 1.82) is 0 Å². The van der Waals surface area contributed by atoms with E-state index < -0.39 is 12.4 Å². The lowest BCUT2D eigenvalue weighted by Gasteiger charge is -2.06. The first-order chi connectivity index (χ1) is 4.77. The van der Waals surface area contributed by atoms with Gasteiger partial charge in [0.1, 0.15) is 45.0 Å². The first-order valence-corrected chi connectivity index (χ1v) is 10.1. The van der Waals surface area contributed by atoms with Gasteiger partial charge in [-0.3, -0.25) is 0 Å². The minimum atomic E-state index is -2.96. The van der Waals surface area contributed by atoms with E-state index in [0.717, 1.165) is 0 Å². The fraction of sp³-hybridized carbons (Fsp3) is 1.00. The van der Waals surface area contributed by atoms with E-state index in [4.69, 9.17) is 54.4 Å². The molecule has 0 fully saturated rings. The molecule has 0 radical (unpaired) electrons. The summed E-state index contributed by atoms with van der Waals surface area (Å²) in [7, 11) is 0. The van der Waals surface area contributed by atoms with Gasteiger partial charge in [-0.1, -0.05) is 0 Å². The molecule has 0 bridgehead atoms. The van der Waals surface area contributed by atoms with Crippen molar-refractivity contribution in [3.63, 3.8) is 0 Å². The molecule has 1 N–H and O–H groups in total. The molecule has 0 aromatic rings. The zero-order valence-electron chi connectivity index (χ0n) is 5.68. The van der Waals surface area contributed by atoms with Gasteiger partial charge >= 0.3 is 12.4 Å². The topological polar surface area (TPSA) is 29.5 Å². The van der Waals surface area contributed by atoms with Crippen molar-refractivity contribution in [2.24, 2.45) is 0 Å². The van der Waals surface area contributed by atoms with Gasteiger partial charge in [-0.15, -0.1) is 0 Å². The molecule has 0 spiro atoms. The van der Waals surface area contributed by atoms with Gasteiger partial charge in [0, 0.05) is 0 Å². The molecular weight excluding hydrogens is 272 g/mol. The quantitative estimate of drug-likeness (QED) is 0.770. The van der Waals surface area contributed by atoms with E-state index in [2.05, 4.69) is 0 Å². The summed E-state index contributed by atoms with van der Waals surface area (Å²) in [6.45, 7) is 2.13. The summed E-state index contributed by atoms with van der Waals surface area (Å²) in [5.41, 5.74) is 0. The predicted molar refractivity (Wildman–Crippen MR) is 56.0 cm³/mol. The molecule has 68 valence electrons. The molecule has 0 aliphatic carbocycles. The Morgan fingerprint density at radius 2 is 1.73 bits per heavy atom. The van der Waals surface area contributed by atoms with Crippen LogP contribution in [0.2, 0.25) is 0 Å².